The summed E-state index contributed by atoms with van der Waals surface area (Å²) in [5.41, 5.74) is 2.83. The second-order valence-electron chi connectivity index (χ2n) is 8.84. The summed E-state index contributed by atoms with van der Waals surface area (Å²) in [7, 11) is 4.79. The first-order valence-electron chi connectivity index (χ1n) is 11.0. The second kappa shape index (κ2) is 10.7. The lowest BCUT2D eigenvalue weighted by molar-refractivity contribution is -0.143. The van der Waals surface area contributed by atoms with Gasteiger partial charge < -0.3 is 30.1 Å². The molecule has 1 aliphatic rings. The first-order valence-corrected chi connectivity index (χ1v) is 11.0. The molecule has 0 fully saturated rings. The molecule has 0 bridgehead atoms. The molecule has 9 heteroatoms. The lowest BCUT2D eigenvalue weighted by Crippen LogP contribution is -2.62. The molecule has 182 valence electrons. The van der Waals surface area contributed by atoms with Crippen LogP contribution in [0.1, 0.15) is 24.0 Å². The Bertz CT molecular complexity index is 1010. The molecule has 0 aliphatic heterocycles. The highest BCUT2D eigenvalue weighted by Gasteiger charge is 2.38. The number of fused-ring (bicyclic) bond motifs is 3. The maximum atomic E-state index is 12.9. The van der Waals surface area contributed by atoms with Crippen LogP contribution in [0, 0.1) is 0 Å². The Morgan fingerprint density at radius 3 is 2.12 bits per heavy atom. The van der Waals surface area contributed by atoms with Gasteiger partial charge in [0.05, 0.1) is 6.61 Å². The van der Waals surface area contributed by atoms with Crippen molar-refractivity contribution in [3.8, 4) is 11.1 Å². The van der Waals surface area contributed by atoms with E-state index >= 15 is 0 Å². The van der Waals surface area contributed by atoms with Crippen molar-refractivity contribution < 1.29 is 29.0 Å². The van der Waals surface area contributed by atoms with Gasteiger partial charge in [0, 0.05) is 19.6 Å². The van der Waals surface area contributed by atoms with Crippen LogP contribution >= 0.6 is 0 Å². The maximum absolute atomic E-state index is 12.9. The number of nitrogens with zero attached hydrogens (tertiary/aromatic N) is 1. The number of nitrogens with one attached hydrogen (secondary N) is 2. The molecule has 34 heavy (non-hydrogen) atoms. The van der Waals surface area contributed by atoms with Crippen LogP contribution in [0.3, 0.4) is 0 Å². The first-order chi connectivity index (χ1) is 16.2. The highest BCUT2D eigenvalue weighted by Crippen LogP contribution is 2.44. The van der Waals surface area contributed by atoms with Gasteiger partial charge in [-0.2, -0.15) is 0 Å². The van der Waals surface area contributed by atoms with E-state index in [1.54, 1.807) is 19.0 Å². The summed E-state index contributed by atoms with van der Waals surface area (Å²) in [6.07, 6.45) is -0.795. The van der Waals surface area contributed by atoms with E-state index in [-0.39, 0.29) is 25.7 Å². The van der Waals surface area contributed by atoms with Gasteiger partial charge in [-0.05, 0) is 43.3 Å². The molecule has 2 unspecified atom stereocenters. The van der Waals surface area contributed by atoms with Gasteiger partial charge in [0.1, 0.15) is 18.2 Å². The van der Waals surface area contributed by atoms with Crippen molar-refractivity contribution in [3.05, 3.63) is 59.7 Å². The lowest BCUT2D eigenvalue weighted by atomic mass is 9.98. The van der Waals surface area contributed by atoms with Crippen molar-refractivity contribution in [1.29, 1.82) is 0 Å². The first kappa shape index (κ1) is 25.2. The van der Waals surface area contributed by atoms with Crippen molar-refractivity contribution >= 4 is 18.0 Å². The maximum Gasteiger partial charge on any atom is 0.408 e. The monoisotopic (exact) mass is 469 g/mol. The Hall–Kier alpha value is -3.43. The zero-order valence-electron chi connectivity index (χ0n) is 19.8. The predicted octanol–water partition coefficient (Wildman–Crippen LogP) is 2.06. The van der Waals surface area contributed by atoms with Crippen LogP contribution in [0.4, 0.5) is 4.79 Å². The molecule has 9 nitrogen and oxygen atoms in total. The van der Waals surface area contributed by atoms with Crippen LogP contribution < -0.4 is 10.6 Å². The molecule has 3 rings (SSSR count). The average Bonchev–Trinajstić information content (AvgIpc) is 3.10. The minimum absolute atomic E-state index is 0.0862. The number of carboxylic acid groups (broad SMARTS) is 1. The van der Waals surface area contributed by atoms with Gasteiger partial charge in [-0.15, -0.1) is 0 Å². The van der Waals surface area contributed by atoms with E-state index in [0.717, 1.165) is 22.3 Å². The van der Waals surface area contributed by atoms with Crippen molar-refractivity contribution in [3.63, 3.8) is 0 Å². The molecule has 2 atom stereocenters. The molecular formula is C25H31N3O6. The number of hydrogen-bond donors (Lipinski definition) is 3. The van der Waals surface area contributed by atoms with E-state index in [4.69, 9.17) is 9.47 Å². The van der Waals surface area contributed by atoms with E-state index in [9.17, 15) is 19.5 Å². The van der Waals surface area contributed by atoms with Crippen molar-refractivity contribution in [2.45, 2.75) is 24.4 Å². The van der Waals surface area contributed by atoms with Crippen LogP contribution in [0.25, 0.3) is 11.1 Å². The van der Waals surface area contributed by atoms with E-state index in [1.807, 2.05) is 48.5 Å². The summed E-state index contributed by atoms with van der Waals surface area (Å²) in [5, 5.41) is 14.5. The zero-order valence-corrected chi connectivity index (χ0v) is 19.8. The number of rotatable bonds is 10. The number of likely N-dealkylation sites (N-methyl/N-ethyl adjacent to an activating group) is 1. The van der Waals surface area contributed by atoms with Gasteiger partial charge in [-0.25, -0.2) is 9.59 Å². The number of hydrogen-bond acceptors (Lipinski definition) is 6. The van der Waals surface area contributed by atoms with Gasteiger partial charge in [-0.3, -0.25) is 4.79 Å². The van der Waals surface area contributed by atoms with Gasteiger partial charge >= 0.3 is 12.1 Å². The number of carbonyl (C=O) groups excluding carboxylic acids is 2. The smallest absolute Gasteiger partial charge is 0.408 e. The fraction of sp³-hybridized carbons (Fsp3) is 0.400. The summed E-state index contributed by atoms with van der Waals surface area (Å²) in [4.78, 5) is 38.8. The quantitative estimate of drug-likeness (QED) is 0.488. The fourth-order valence-corrected chi connectivity index (χ4v) is 4.17. The van der Waals surface area contributed by atoms with E-state index in [2.05, 4.69) is 10.6 Å². The van der Waals surface area contributed by atoms with Gasteiger partial charge in [0.25, 0.3) is 0 Å². The summed E-state index contributed by atoms with van der Waals surface area (Å²) >= 11 is 0. The minimum Gasteiger partial charge on any atom is -0.480 e. The Kier molecular flexibility index (Phi) is 7.90. The normalized spacial score (nSPS) is 15.1. The number of carboxylic acids is 1. The molecule has 0 saturated carbocycles. The van der Waals surface area contributed by atoms with Crippen molar-refractivity contribution in [2.24, 2.45) is 0 Å². The number of alkyl carbamates (subject to hydrolysis) is 1. The molecule has 0 spiro atoms. The van der Waals surface area contributed by atoms with E-state index < -0.39 is 29.6 Å². The SMILES string of the molecule is COCC(C)(NC(=O)OCC1c2ccccc2-c2ccccc21)C(=O)NC(CN(C)C)C(=O)O. The molecular weight excluding hydrogens is 438 g/mol. The summed E-state index contributed by atoms with van der Waals surface area (Å²) in [6, 6.07) is 14.8. The molecule has 3 N–H and O–H groups in total. The van der Waals surface area contributed by atoms with Gasteiger partial charge in [-0.1, -0.05) is 48.5 Å². The van der Waals surface area contributed by atoms with Crippen LogP contribution in [-0.2, 0) is 19.1 Å². The Morgan fingerprint density at radius 2 is 1.62 bits per heavy atom. The van der Waals surface area contributed by atoms with E-state index in [0.29, 0.717) is 0 Å². The Balaban J connectivity index is 1.69. The molecule has 0 heterocycles. The standard InChI is InChI=1S/C25H31N3O6/c1-25(15-33-4,23(31)26-21(22(29)30)13-28(2)3)27-24(32)34-14-20-18-11-7-5-9-16(18)17-10-6-8-12-19(17)20/h5-12,20-21H,13-15H2,1-4H3,(H,26,31)(H,27,32)(H,29,30). The van der Waals surface area contributed by atoms with Crippen LogP contribution in [-0.4, -0.2) is 80.5 Å². The molecule has 2 aromatic carbocycles. The number of ether oxygens (including phenoxy) is 2. The molecule has 0 radical (unpaired) electrons. The Morgan fingerprint density at radius 1 is 1.06 bits per heavy atom. The third kappa shape index (κ3) is 5.55. The lowest BCUT2D eigenvalue weighted by Gasteiger charge is -2.30. The Labute approximate surface area is 199 Å². The number of methoxy groups -OCH3 is 1. The number of aliphatic carboxylic acids is 1. The summed E-state index contributed by atoms with van der Waals surface area (Å²) in [5.74, 6) is -1.99. The van der Waals surface area contributed by atoms with E-state index in [1.165, 1.54) is 14.0 Å². The van der Waals surface area contributed by atoms with Gasteiger partial charge in [0.2, 0.25) is 5.91 Å². The van der Waals surface area contributed by atoms with Crippen LogP contribution in [0.5, 0.6) is 0 Å². The molecule has 1 aliphatic carbocycles. The topological polar surface area (TPSA) is 117 Å². The largest absolute Gasteiger partial charge is 0.480 e. The highest BCUT2D eigenvalue weighted by atomic mass is 16.5. The third-order valence-electron chi connectivity index (χ3n) is 5.81. The third-order valence-corrected chi connectivity index (χ3v) is 5.81. The average molecular weight is 470 g/mol. The number of amides is 2. The second-order valence-corrected chi connectivity index (χ2v) is 8.84. The summed E-state index contributed by atoms with van der Waals surface area (Å²) in [6.45, 7) is 1.47. The number of carbonyl (C=O) groups is 3. The predicted molar refractivity (Wildman–Crippen MR) is 127 cm³/mol. The van der Waals surface area contributed by atoms with Crippen LogP contribution in [0.2, 0.25) is 0 Å². The fourth-order valence-electron chi connectivity index (χ4n) is 4.17. The molecule has 2 amide bonds. The van der Waals surface area contributed by atoms with Crippen molar-refractivity contribution in [1.82, 2.24) is 15.5 Å². The molecule has 0 aromatic heterocycles. The molecule has 2 aromatic rings. The highest BCUT2D eigenvalue weighted by molar-refractivity contribution is 5.92. The minimum atomic E-state index is -1.53. The van der Waals surface area contributed by atoms with Gasteiger partial charge in [0.15, 0.2) is 0 Å². The van der Waals surface area contributed by atoms with Crippen molar-refractivity contribution in [2.75, 3.05) is 41.0 Å². The zero-order chi connectivity index (χ0) is 24.9. The molecule has 0 saturated heterocycles. The number of benzene rings is 2. The van der Waals surface area contributed by atoms with Crippen LogP contribution in [0.15, 0.2) is 48.5 Å². The summed E-state index contributed by atoms with van der Waals surface area (Å²) < 4.78 is 10.7.